The topological polar surface area (TPSA) is 45.9 Å². The summed E-state index contributed by atoms with van der Waals surface area (Å²) in [6.07, 6.45) is 1.64. The Bertz CT molecular complexity index is 637. The normalized spacial score (nSPS) is 16.0. The van der Waals surface area contributed by atoms with E-state index >= 15 is 0 Å². The molecule has 8 heteroatoms. The lowest BCUT2D eigenvalue weighted by Gasteiger charge is -2.34. The summed E-state index contributed by atoms with van der Waals surface area (Å²) in [7, 11) is 0. The van der Waals surface area contributed by atoms with Crippen LogP contribution in [0, 0.1) is 0 Å². The van der Waals surface area contributed by atoms with E-state index in [0.29, 0.717) is 32.7 Å². The fourth-order valence-corrected chi connectivity index (χ4v) is 3.31. The highest BCUT2D eigenvalue weighted by Crippen LogP contribution is 2.28. The highest BCUT2D eigenvalue weighted by atomic mass is 32.1. The summed E-state index contributed by atoms with van der Waals surface area (Å²) in [4.78, 5) is 16.5. The van der Waals surface area contributed by atoms with Gasteiger partial charge in [-0.1, -0.05) is 0 Å². The molecular formula is C15H16F2N2O3S. The quantitative estimate of drug-likeness (QED) is 0.838. The van der Waals surface area contributed by atoms with Crippen molar-refractivity contribution in [1.29, 1.82) is 0 Å². The van der Waals surface area contributed by atoms with Gasteiger partial charge >= 0.3 is 6.61 Å². The summed E-state index contributed by atoms with van der Waals surface area (Å²) >= 11 is 1.12. The molecule has 3 rings (SSSR count). The van der Waals surface area contributed by atoms with Gasteiger partial charge in [0.2, 0.25) is 0 Å². The SMILES string of the molecule is O=C(c1sccc1OC(F)F)N1CCN(Cc2ccco2)CC1. The van der Waals surface area contributed by atoms with Crippen molar-refractivity contribution < 1.29 is 22.7 Å². The molecule has 3 heterocycles. The molecule has 1 aliphatic rings. The van der Waals surface area contributed by atoms with Gasteiger partial charge in [0.1, 0.15) is 16.4 Å². The molecule has 1 saturated heterocycles. The molecular weight excluding hydrogens is 326 g/mol. The van der Waals surface area contributed by atoms with Gasteiger partial charge in [-0.3, -0.25) is 9.69 Å². The van der Waals surface area contributed by atoms with Gasteiger partial charge in [-0.15, -0.1) is 11.3 Å². The second-order valence-electron chi connectivity index (χ2n) is 5.14. The number of piperazine rings is 1. The Balaban J connectivity index is 1.57. The third-order valence-electron chi connectivity index (χ3n) is 3.66. The Hall–Kier alpha value is -1.93. The maximum atomic E-state index is 12.5. The summed E-state index contributed by atoms with van der Waals surface area (Å²) < 4.78 is 34.4. The van der Waals surface area contributed by atoms with Crippen LogP contribution in [0.4, 0.5) is 8.78 Å². The molecule has 0 unspecified atom stereocenters. The van der Waals surface area contributed by atoms with Gasteiger partial charge in [0.25, 0.3) is 5.91 Å². The van der Waals surface area contributed by atoms with Gasteiger partial charge in [0, 0.05) is 26.2 Å². The van der Waals surface area contributed by atoms with E-state index in [1.807, 2.05) is 12.1 Å². The van der Waals surface area contributed by atoms with E-state index in [4.69, 9.17) is 4.42 Å². The van der Waals surface area contributed by atoms with E-state index in [1.165, 1.54) is 6.07 Å². The van der Waals surface area contributed by atoms with Gasteiger partial charge in [0.15, 0.2) is 0 Å². The van der Waals surface area contributed by atoms with Crippen LogP contribution < -0.4 is 4.74 Å². The van der Waals surface area contributed by atoms with Crippen molar-refractivity contribution >= 4 is 17.2 Å². The molecule has 1 fully saturated rings. The molecule has 0 spiro atoms. The standard InChI is InChI=1S/C15H16F2N2O3S/c16-15(17)22-12-3-9-23-13(12)14(20)19-6-4-18(5-7-19)10-11-2-1-8-21-11/h1-3,8-9,15H,4-7,10H2. The Morgan fingerprint density at radius 2 is 2.09 bits per heavy atom. The predicted octanol–water partition coefficient (Wildman–Crippen LogP) is 2.90. The molecule has 0 N–H and O–H groups in total. The van der Waals surface area contributed by atoms with E-state index in [2.05, 4.69) is 9.64 Å². The number of rotatable bonds is 5. The van der Waals surface area contributed by atoms with Gasteiger partial charge in [-0.2, -0.15) is 8.78 Å². The molecule has 0 bridgehead atoms. The van der Waals surface area contributed by atoms with Crippen LogP contribution in [0.1, 0.15) is 15.4 Å². The molecule has 5 nitrogen and oxygen atoms in total. The van der Waals surface area contributed by atoms with Crippen molar-refractivity contribution in [2.24, 2.45) is 0 Å². The predicted molar refractivity (Wildman–Crippen MR) is 80.8 cm³/mol. The number of halogens is 2. The van der Waals surface area contributed by atoms with E-state index < -0.39 is 6.61 Å². The first-order valence-electron chi connectivity index (χ1n) is 7.20. The average molecular weight is 342 g/mol. The number of ether oxygens (including phenoxy) is 1. The summed E-state index contributed by atoms with van der Waals surface area (Å²) in [6, 6.07) is 5.16. The lowest BCUT2D eigenvalue weighted by atomic mass is 10.2. The second kappa shape index (κ2) is 7.10. The Morgan fingerprint density at radius 3 is 2.74 bits per heavy atom. The summed E-state index contributed by atoms with van der Waals surface area (Å²) in [5.41, 5.74) is 0. The average Bonchev–Trinajstić information content (AvgIpc) is 3.18. The smallest absolute Gasteiger partial charge is 0.387 e. The summed E-state index contributed by atoms with van der Waals surface area (Å²) in [6.45, 7) is 0.289. The van der Waals surface area contributed by atoms with Crippen LogP contribution in [0.15, 0.2) is 34.3 Å². The van der Waals surface area contributed by atoms with Crippen LogP contribution in [-0.4, -0.2) is 48.5 Å². The van der Waals surface area contributed by atoms with E-state index in [-0.39, 0.29) is 16.5 Å². The molecule has 1 aliphatic heterocycles. The van der Waals surface area contributed by atoms with Crippen molar-refractivity contribution in [3.05, 3.63) is 40.5 Å². The minimum atomic E-state index is -2.93. The monoisotopic (exact) mass is 342 g/mol. The largest absolute Gasteiger partial charge is 0.468 e. The lowest BCUT2D eigenvalue weighted by molar-refractivity contribution is -0.0499. The lowest BCUT2D eigenvalue weighted by Crippen LogP contribution is -2.48. The third kappa shape index (κ3) is 3.89. The van der Waals surface area contributed by atoms with Gasteiger partial charge in [-0.25, -0.2) is 0 Å². The van der Waals surface area contributed by atoms with Crippen LogP contribution in [0.2, 0.25) is 0 Å². The fourth-order valence-electron chi connectivity index (χ4n) is 2.52. The molecule has 0 aromatic carbocycles. The van der Waals surface area contributed by atoms with Crippen LogP contribution in [0.3, 0.4) is 0 Å². The van der Waals surface area contributed by atoms with Gasteiger partial charge in [-0.05, 0) is 23.6 Å². The number of carbonyl (C=O) groups excluding carboxylic acids is 1. The minimum absolute atomic E-state index is 0.0481. The first kappa shape index (κ1) is 15.9. The molecule has 124 valence electrons. The zero-order valence-electron chi connectivity index (χ0n) is 12.3. The molecule has 1 amide bonds. The van der Waals surface area contributed by atoms with Crippen LogP contribution in [0.5, 0.6) is 5.75 Å². The van der Waals surface area contributed by atoms with E-state index in [0.717, 1.165) is 17.1 Å². The van der Waals surface area contributed by atoms with Gasteiger partial charge < -0.3 is 14.1 Å². The molecule has 0 saturated carbocycles. The van der Waals surface area contributed by atoms with Crippen molar-refractivity contribution in [3.63, 3.8) is 0 Å². The molecule has 2 aromatic rings. The Morgan fingerprint density at radius 1 is 1.30 bits per heavy atom. The summed E-state index contributed by atoms with van der Waals surface area (Å²) in [5, 5.41) is 1.58. The highest BCUT2D eigenvalue weighted by molar-refractivity contribution is 7.12. The third-order valence-corrected chi connectivity index (χ3v) is 4.54. The zero-order valence-corrected chi connectivity index (χ0v) is 13.1. The maximum Gasteiger partial charge on any atom is 0.387 e. The highest BCUT2D eigenvalue weighted by Gasteiger charge is 2.26. The molecule has 23 heavy (non-hydrogen) atoms. The van der Waals surface area contributed by atoms with Crippen LogP contribution in [-0.2, 0) is 6.54 Å². The second-order valence-corrected chi connectivity index (χ2v) is 6.06. The first-order valence-corrected chi connectivity index (χ1v) is 8.08. The zero-order chi connectivity index (χ0) is 16.2. The molecule has 2 aromatic heterocycles. The van der Waals surface area contributed by atoms with Gasteiger partial charge in [0.05, 0.1) is 12.8 Å². The number of thiophene rings is 1. The van der Waals surface area contributed by atoms with E-state index in [1.54, 1.807) is 16.5 Å². The van der Waals surface area contributed by atoms with E-state index in [9.17, 15) is 13.6 Å². The number of hydrogen-bond donors (Lipinski definition) is 0. The van der Waals surface area contributed by atoms with Crippen LogP contribution >= 0.6 is 11.3 Å². The minimum Gasteiger partial charge on any atom is -0.468 e. The number of carbonyl (C=O) groups is 1. The molecule has 0 aliphatic carbocycles. The van der Waals surface area contributed by atoms with Crippen molar-refractivity contribution in [1.82, 2.24) is 9.80 Å². The molecule has 0 atom stereocenters. The first-order chi connectivity index (χ1) is 11.1. The van der Waals surface area contributed by atoms with Crippen molar-refractivity contribution in [2.75, 3.05) is 26.2 Å². The number of hydrogen-bond acceptors (Lipinski definition) is 5. The van der Waals surface area contributed by atoms with Crippen LogP contribution in [0.25, 0.3) is 0 Å². The fraction of sp³-hybridized carbons (Fsp3) is 0.400. The summed E-state index contributed by atoms with van der Waals surface area (Å²) in [5.74, 6) is 0.581. The Kier molecular flexibility index (Phi) is 4.92. The maximum absolute atomic E-state index is 12.5. The Labute approximate surface area is 136 Å². The molecule has 0 radical (unpaired) electrons. The number of alkyl halides is 2. The number of nitrogens with zero attached hydrogens (tertiary/aromatic N) is 2. The van der Waals surface area contributed by atoms with Crippen molar-refractivity contribution in [2.45, 2.75) is 13.2 Å². The number of amides is 1. The van der Waals surface area contributed by atoms with Crippen molar-refractivity contribution in [3.8, 4) is 5.75 Å². The number of furan rings is 1.